The molecule has 1 aliphatic rings. The molecule has 1 fully saturated rings. The van der Waals surface area contributed by atoms with Crippen LogP contribution in [-0.4, -0.2) is 43.3 Å². The Bertz CT molecular complexity index is 868. The monoisotopic (exact) mass is 377 g/mol. The zero-order valence-corrected chi connectivity index (χ0v) is 15.6. The van der Waals surface area contributed by atoms with E-state index in [0.29, 0.717) is 30.2 Å². The van der Waals surface area contributed by atoms with E-state index < -0.39 is 10.0 Å². The van der Waals surface area contributed by atoms with Crippen LogP contribution in [0.15, 0.2) is 39.8 Å². The van der Waals surface area contributed by atoms with Crippen molar-refractivity contribution >= 4 is 21.6 Å². The molecule has 0 bridgehead atoms. The van der Waals surface area contributed by atoms with Crippen molar-refractivity contribution in [1.82, 2.24) is 9.46 Å². The topological polar surface area (TPSA) is 92.5 Å². The highest BCUT2D eigenvalue weighted by molar-refractivity contribution is 7.89. The maximum Gasteiger partial charge on any atom is 0.243 e. The molecular formula is C18H23N3O4S. The molecular weight excluding hydrogens is 354 g/mol. The molecule has 0 radical (unpaired) electrons. The zero-order valence-electron chi connectivity index (χ0n) is 14.8. The predicted octanol–water partition coefficient (Wildman–Crippen LogP) is 2.84. The summed E-state index contributed by atoms with van der Waals surface area (Å²) in [7, 11) is -3.57. The van der Waals surface area contributed by atoms with E-state index in [1.165, 1.54) is 10.4 Å². The third-order valence-electron chi connectivity index (χ3n) is 4.42. The van der Waals surface area contributed by atoms with Crippen molar-refractivity contribution in [2.24, 2.45) is 0 Å². The van der Waals surface area contributed by atoms with Crippen LogP contribution in [0.2, 0.25) is 0 Å². The Morgan fingerprint density at radius 1 is 1.19 bits per heavy atom. The third kappa shape index (κ3) is 4.31. The number of nitrogens with zero attached hydrogens (tertiary/aromatic N) is 2. The van der Waals surface area contributed by atoms with Crippen molar-refractivity contribution in [2.75, 3.05) is 25.0 Å². The summed E-state index contributed by atoms with van der Waals surface area (Å²) in [6, 6.07) is 7.93. The number of hydrogen-bond donors (Lipinski definition) is 1. The first-order valence-corrected chi connectivity index (χ1v) is 10.2. The molecule has 2 heterocycles. The fraction of sp³-hybridized carbons (Fsp3) is 0.444. The van der Waals surface area contributed by atoms with Crippen LogP contribution in [-0.2, 0) is 10.0 Å². The molecule has 26 heavy (non-hydrogen) atoms. The Labute approximate surface area is 153 Å². The molecule has 140 valence electrons. The third-order valence-corrected chi connectivity index (χ3v) is 6.31. The second-order valence-corrected chi connectivity index (χ2v) is 8.38. The maximum absolute atomic E-state index is 12.9. The molecule has 1 aliphatic heterocycles. The summed E-state index contributed by atoms with van der Waals surface area (Å²) >= 11 is 0. The molecule has 3 rings (SSSR count). The molecule has 1 aromatic carbocycles. The number of nitrogens with one attached hydrogen (secondary N) is 1. The highest BCUT2D eigenvalue weighted by Gasteiger charge is 2.25. The number of sulfonamides is 1. The first-order chi connectivity index (χ1) is 12.5. The molecule has 0 atom stereocenters. The van der Waals surface area contributed by atoms with Crippen LogP contribution >= 0.6 is 0 Å². The number of ketones is 1. The minimum absolute atomic E-state index is 0.0131. The summed E-state index contributed by atoms with van der Waals surface area (Å²) in [5.41, 5.74) is 0.355. The van der Waals surface area contributed by atoms with Gasteiger partial charge in [-0.15, -0.1) is 0 Å². The summed E-state index contributed by atoms with van der Waals surface area (Å²) in [5.74, 6) is 0.910. The van der Waals surface area contributed by atoms with Gasteiger partial charge in [-0.25, -0.2) is 8.42 Å². The van der Waals surface area contributed by atoms with Crippen molar-refractivity contribution in [2.45, 2.75) is 37.5 Å². The van der Waals surface area contributed by atoms with Crippen LogP contribution in [0.4, 0.5) is 5.82 Å². The lowest BCUT2D eigenvalue weighted by Gasteiger charge is -2.20. The van der Waals surface area contributed by atoms with Gasteiger partial charge in [0.15, 0.2) is 11.6 Å². The standard InChI is InChI=1S/C18H23N3O4S/c1-14-11-18(20-25-14)19-13-17(22)15-7-6-8-16(12-15)26(23,24)21-9-4-2-3-5-10-21/h6-8,11-12H,2-5,9-10,13H2,1H3,(H,19,20). The van der Waals surface area contributed by atoms with Crippen LogP contribution in [0.25, 0.3) is 0 Å². The number of aromatic nitrogens is 1. The molecule has 0 saturated carbocycles. The minimum Gasteiger partial charge on any atom is -0.360 e. The number of rotatable bonds is 6. The second kappa shape index (κ2) is 8.01. The van der Waals surface area contributed by atoms with Gasteiger partial charge >= 0.3 is 0 Å². The lowest BCUT2D eigenvalue weighted by molar-refractivity contribution is 0.101. The van der Waals surface area contributed by atoms with Crippen molar-refractivity contribution in [3.8, 4) is 0 Å². The van der Waals surface area contributed by atoms with Crippen LogP contribution in [0.3, 0.4) is 0 Å². The highest BCUT2D eigenvalue weighted by Crippen LogP contribution is 2.21. The Morgan fingerprint density at radius 3 is 2.58 bits per heavy atom. The van der Waals surface area contributed by atoms with E-state index in [1.807, 2.05) is 0 Å². The van der Waals surface area contributed by atoms with E-state index in [-0.39, 0.29) is 17.2 Å². The van der Waals surface area contributed by atoms with Crippen molar-refractivity contribution in [1.29, 1.82) is 0 Å². The second-order valence-electron chi connectivity index (χ2n) is 6.45. The Kier molecular flexibility index (Phi) is 5.73. The van der Waals surface area contributed by atoms with Crippen LogP contribution < -0.4 is 5.32 Å². The number of benzene rings is 1. The van der Waals surface area contributed by atoms with Gasteiger partial charge < -0.3 is 9.84 Å². The summed E-state index contributed by atoms with van der Waals surface area (Å²) in [6.45, 7) is 2.84. The van der Waals surface area contributed by atoms with Gasteiger partial charge in [0.05, 0.1) is 11.4 Å². The van der Waals surface area contributed by atoms with Gasteiger partial charge in [-0.2, -0.15) is 4.31 Å². The van der Waals surface area contributed by atoms with Gasteiger partial charge in [0, 0.05) is 24.7 Å². The number of carbonyl (C=O) groups is 1. The molecule has 1 N–H and O–H groups in total. The van der Waals surface area contributed by atoms with E-state index in [2.05, 4.69) is 10.5 Å². The Morgan fingerprint density at radius 2 is 1.92 bits per heavy atom. The first-order valence-electron chi connectivity index (χ1n) is 8.77. The predicted molar refractivity (Wildman–Crippen MR) is 97.7 cm³/mol. The van der Waals surface area contributed by atoms with Crippen molar-refractivity contribution in [3.63, 3.8) is 0 Å². The van der Waals surface area contributed by atoms with E-state index in [9.17, 15) is 13.2 Å². The average molecular weight is 377 g/mol. The molecule has 8 heteroatoms. The van der Waals surface area contributed by atoms with E-state index >= 15 is 0 Å². The van der Waals surface area contributed by atoms with E-state index in [0.717, 1.165) is 25.7 Å². The Balaban J connectivity index is 1.73. The summed E-state index contributed by atoms with van der Waals surface area (Å²) < 4.78 is 32.2. The van der Waals surface area contributed by atoms with Crippen molar-refractivity contribution in [3.05, 3.63) is 41.7 Å². The van der Waals surface area contributed by atoms with Gasteiger partial charge in [0.1, 0.15) is 5.76 Å². The van der Waals surface area contributed by atoms with Gasteiger partial charge in [0.2, 0.25) is 10.0 Å². The van der Waals surface area contributed by atoms with Crippen LogP contribution in [0, 0.1) is 6.92 Å². The van der Waals surface area contributed by atoms with Gasteiger partial charge in [-0.05, 0) is 31.9 Å². The summed E-state index contributed by atoms with van der Waals surface area (Å²) in [4.78, 5) is 12.6. The van der Waals surface area contributed by atoms with Crippen LogP contribution in [0.1, 0.15) is 41.8 Å². The fourth-order valence-electron chi connectivity index (χ4n) is 2.98. The normalized spacial score (nSPS) is 16.2. The molecule has 0 spiro atoms. The number of carbonyl (C=O) groups excluding carboxylic acids is 1. The number of hydrogen-bond acceptors (Lipinski definition) is 6. The minimum atomic E-state index is -3.57. The number of anilines is 1. The molecule has 7 nitrogen and oxygen atoms in total. The zero-order chi connectivity index (χ0) is 18.6. The first kappa shape index (κ1) is 18.6. The number of aryl methyl sites for hydroxylation is 1. The van der Waals surface area contributed by atoms with E-state index in [4.69, 9.17) is 4.52 Å². The van der Waals surface area contributed by atoms with Gasteiger partial charge in [0.25, 0.3) is 0 Å². The molecule has 1 saturated heterocycles. The number of Topliss-reactive ketones (excluding diaryl/α,β-unsaturated/α-hetero) is 1. The quantitative estimate of drug-likeness (QED) is 0.778. The van der Waals surface area contributed by atoms with Crippen LogP contribution in [0.5, 0.6) is 0 Å². The van der Waals surface area contributed by atoms with E-state index in [1.54, 1.807) is 31.2 Å². The SMILES string of the molecule is Cc1cc(NCC(=O)c2cccc(S(=O)(=O)N3CCCCCC3)c2)no1. The maximum atomic E-state index is 12.9. The lowest BCUT2D eigenvalue weighted by atomic mass is 10.1. The average Bonchev–Trinajstić information content (AvgIpc) is 2.87. The smallest absolute Gasteiger partial charge is 0.243 e. The molecule has 0 unspecified atom stereocenters. The Hall–Kier alpha value is -2.19. The van der Waals surface area contributed by atoms with Crippen molar-refractivity contribution < 1.29 is 17.7 Å². The van der Waals surface area contributed by atoms with Gasteiger partial charge in [-0.3, -0.25) is 4.79 Å². The molecule has 1 aromatic heterocycles. The fourth-order valence-corrected chi connectivity index (χ4v) is 4.55. The highest BCUT2D eigenvalue weighted by atomic mass is 32.2. The summed E-state index contributed by atoms with van der Waals surface area (Å²) in [5, 5.41) is 6.65. The molecule has 0 aliphatic carbocycles. The van der Waals surface area contributed by atoms with Gasteiger partial charge in [-0.1, -0.05) is 30.1 Å². The molecule has 2 aromatic rings. The lowest BCUT2D eigenvalue weighted by Crippen LogP contribution is -2.32. The molecule has 0 amide bonds. The summed E-state index contributed by atoms with van der Waals surface area (Å²) in [6.07, 6.45) is 3.85. The largest absolute Gasteiger partial charge is 0.360 e.